The Morgan fingerprint density at radius 3 is 2.94 bits per heavy atom. The Labute approximate surface area is 110 Å². The Kier molecular flexibility index (Phi) is 4.80. The van der Waals surface area contributed by atoms with Crippen molar-refractivity contribution in [1.82, 2.24) is 5.32 Å². The molecule has 1 aromatic rings. The lowest BCUT2D eigenvalue weighted by Gasteiger charge is -2.08. The molecule has 0 bridgehead atoms. The predicted molar refractivity (Wildman–Crippen MR) is 69.9 cm³/mol. The van der Waals surface area contributed by atoms with E-state index in [1.165, 1.54) is 25.0 Å². The van der Waals surface area contributed by atoms with Crippen molar-refractivity contribution in [3.05, 3.63) is 28.5 Å². The third kappa shape index (κ3) is 4.64. The van der Waals surface area contributed by atoms with Crippen LogP contribution in [0.5, 0.6) is 5.75 Å². The van der Waals surface area contributed by atoms with E-state index in [-0.39, 0.29) is 5.82 Å². The number of benzene rings is 1. The van der Waals surface area contributed by atoms with Crippen LogP contribution >= 0.6 is 15.9 Å². The molecule has 2 rings (SSSR count). The van der Waals surface area contributed by atoms with Crippen molar-refractivity contribution in [3.63, 3.8) is 0 Å². The fraction of sp³-hybridized carbons (Fsp3) is 0.538. The van der Waals surface area contributed by atoms with Crippen LogP contribution in [0.25, 0.3) is 0 Å². The van der Waals surface area contributed by atoms with Crippen molar-refractivity contribution in [1.29, 1.82) is 0 Å². The molecule has 1 aliphatic rings. The van der Waals surface area contributed by atoms with Crippen LogP contribution in [0.15, 0.2) is 22.7 Å². The average molecular weight is 302 g/mol. The summed E-state index contributed by atoms with van der Waals surface area (Å²) >= 11 is 3.34. The maximum Gasteiger partial charge on any atom is 0.136 e. The minimum absolute atomic E-state index is 0.265. The molecule has 0 radical (unpaired) electrons. The van der Waals surface area contributed by atoms with Gasteiger partial charge in [-0.25, -0.2) is 4.39 Å². The molecule has 0 saturated heterocycles. The number of rotatable bonds is 7. The number of hydrogen-bond donors (Lipinski definition) is 1. The van der Waals surface area contributed by atoms with E-state index < -0.39 is 0 Å². The van der Waals surface area contributed by atoms with E-state index >= 15 is 0 Å². The molecule has 1 saturated carbocycles. The van der Waals surface area contributed by atoms with E-state index in [1.807, 2.05) is 0 Å². The molecular formula is C13H17BrFNO. The highest BCUT2D eigenvalue weighted by molar-refractivity contribution is 9.10. The Morgan fingerprint density at radius 2 is 2.18 bits per heavy atom. The van der Waals surface area contributed by atoms with E-state index in [2.05, 4.69) is 21.2 Å². The third-order valence-corrected chi connectivity index (χ3v) is 3.39. The van der Waals surface area contributed by atoms with Crippen LogP contribution in [-0.4, -0.2) is 19.2 Å². The lowest BCUT2D eigenvalue weighted by molar-refractivity contribution is 0.302. The van der Waals surface area contributed by atoms with Crippen LogP contribution in [0.2, 0.25) is 0 Å². The maximum atomic E-state index is 13.0. The Morgan fingerprint density at radius 1 is 1.35 bits per heavy atom. The summed E-state index contributed by atoms with van der Waals surface area (Å²) < 4.78 is 19.3. The molecule has 2 nitrogen and oxygen atoms in total. The van der Waals surface area contributed by atoms with Crippen molar-refractivity contribution in [2.75, 3.05) is 13.2 Å². The summed E-state index contributed by atoms with van der Waals surface area (Å²) in [6.45, 7) is 1.69. The standard InChI is InChI=1S/C13H17BrFNO/c14-12-6-3-10(15)9-13(12)17-8-2-1-7-16-11-4-5-11/h3,6,9,11,16H,1-2,4-5,7-8H2. The first-order valence-electron chi connectivity index (χ1n) is 6.07. The van der Waals surface area contributed by atoms with E-state index in [0.717, 1.165) is 29.9 Å². The van der Waals surface area contributed by atoms with Crippen LogP contribution in [0, 0.1) is 5.82 Å². The van der Waals surface area contributed by atoms with Gasteiger partial charge in [0.2, 0.25) is 0 Å². The average Bonchev–Trinajstić information content (AvgIpc) is 3.11. The van der Waals surface area contributed by atoms with E-state index in [9.17, 15) is 4.39 Å². The van der Waals surface area contributed by atoms with Gasteiger partial charge in [-0.1, -0.05) is 0 Å². The molecule has 0 atom stereocenters. The quantitative estimate of drug-likeness (QED) is 0.778. The first-order valence-corrected chi connectivity index (χ1v) is 6.86. The third-order valence-electron chi connectivity index (χ3n) is 2.73. The van der Waals surface area contributed by atoms with Gasteiger partial charge in [0.25, 0.3) is 0 Å². The summed E-state index contributed by atoms with van der Waals surface area (Å²) in [7, 11) is 0. The molecule has 94 valence electrons. The topological polar surface area (TPSA) is 21.3 Å². The SMILES string of the molecule is Fc1ccc(Br)c(OCCCCNC2CC2)c1. The molecule has 1 N–H and O–H groups in total. The van der Waals surface area contributed by atoms with Crippen molar-refractivity contribution in [3.8, 4) is 5.75 Å². The largest absolute Gasteiger partial charge is 0.492 e. The lowest BCUT2D eigenvalue weighted by atomic mass is 10.3. The van der Waals surface area contributed by atoms with Crippen molar-refractivity contribution >= 4 is 15.9 Å². The van der Waals surface area contributed by atoms with Gasteiger partial charge < -0.3 is 10.1 Å². The molecule has 1 aromatic carbocycles. The summed E-state index contributed by atoms with van der Waals surface area (Å²) in [5.41, 5.74) is 0. The van der Waals surface area contributed by atoms with Crippen molar-refractivity contribution in [2.45, 2.75) is 31.7 Å². The fourth-order valence-corrected chi connectivity index (χ4v) is 1.95. The molecule has 1 fully saturated rings. The molecule has 0 heterocycles. The van der Waals surface area contributed by atoms with Crippen molar-refractivity contribution in [2.24, 2.45) is 0 Å². The van der Waals surface area contributed by atoms with Gasteiger partial charge in [0, 0.05) is 12.1 Å². The van der Waals surface area contributed by atoms with Gasteiger partial charge in [-0.2, -0.15) is 0 Å². The Balaban J connectivity index is 1.61. The highest BCUT2D eigenvalue weighted by Gasteiger charge is 2.19. The highest BCUT2D eigenvalue weighted by atomic mass is 79.9. The Bertz CT molecular complexity index is 368. The Hall–Kier alpha value is -0.610. The fourth-order valence-electron chi connectivity index (χ4n) is 1.59. The number of ether oxygens (including phenoxy) is 1. The molecule has 4 heteroatoms. The van der Waals surface area contributed by atoms with Crippen LogP contribution in [0.3, 0.4) is 0 Å². The van der Waals surface area contributed by atoms with Gasteiger partial charge in [0.1, 0.15) is 11.6 Å². The number of hydrogen-bond acceptors (Lipinski definition) is 2. The monoisotopic (exact) mass is 301 g/mol. The number of unbranched alkanes of at least 4 members (excludes halogenated alkanes) is 1. The summed E-state index contributed by atoms with van der Waals surface area (Å²) in [6.07, 6.45) is 4.74. The second-order valence-corrected chi connectivity index (χ2v) is 5.21. The first kappa shape index (κ1) is 12.8. The van der Waals surface area contributed by atoms with Crippen LogP contribution in [0.1, 0.15) is 25.7 Å². The van der Waals surface area contributed by atoms with Crippen LogP contribution in [-0.2, 0) is 0 Å². The summed E-state index contributed by atoms with van der Waals surface area (Å²) in [5, 5.41) is 3.45. The lowest BCUT2D eigenvalue weighted by Crippen LogP contribution is -2.17. The number of nitrogens with one attached hydrogen (secondary N) is 1. The molecular weight excluding hydrogens is 285 g/mol. The minimum atomic E-state index is -0.265. The molecule has 0 amide bonds. The second kappa shape index (κ2) is 6.36. The zero-order valence-electron chi connectivity index (χ0n) is 9.72. The predicted octanol–water partition coefficient (Wildman–Crippen LogP) is 3.50. The van der Waals surface area contributed by atoms with E-state index in [0.29, 0.717) is 12.4 Å². The molecule has 0 aliphatic heterocycles. The molecule has 17 heavy (non-hydrogen) atoms. The molecule has 0 aromatic heterocycles. The zero-order valence-corrected chi connectivity index (χ0v) is 11.3. The van der Waals surface area contributed by atoms with Crippen LogP contribution in [0.4, 0.5) is 4.39 Å². The number of halogens is 2. The van der Waals surface area contributed by atoms with Crippen molar-refractivity contribution < 1.29 is 9.13 Å². The summed E-state index contributed by atoms with van der Waals surface area (Å²) in [6, 6.07) is 5.26. The molecule has 0 spiro atoms. The van der Waals surface area contributed by atoms with Gasteiger partial charge in [-0.05, 0) is 60.3 Å². The van der Waals surface area contributed by atoms with Gasteiger partial charge in [0.15, 0.2) is 0 Å². The summed E-state index contributed by atoms with van der Waals surface area (Å²) in [5.74, 6) is 0.318. The van der Waals surface area contributed by atoms with Gasteiger partial charge >= 0.3 is 0 Å². The highest BCUT2D eigenvalue weighted by Crippen LogP contribution is 2.25. The smallest absolute Gasteiger partial charge is 0.136 e. The molecule has 0 unspecified atom stereocenters. The first-order chi connectivity index (χ1) is 8.25. The summed E-state index contributed by atoms with van der Waals surface area (Å²) in [4.78, 5) is 0. The van der Waals surface area contributed by atoms with E-state index in [4.69, 9.17) is 4.74 Å². The second-order valence-electron chi connectivity index (χ2n) is 4.36. The van der Waals surface area contributed by atoms with Gasteiger partial charge in [-0.15, -0.1) is 0 Å². The van der Waals surface area contributed by atoms with Gasteiger partial charge in [-0.3, -0.25) is 0 Å². The minimum Gasteiger partial charge on any atom is -0.492 e. The zero-order chi connectivity index (χ0) is 12.1. The van der Waals surface area contributed by atoms with E-state index in [1.54, 1.807) is 6.07 Å². The molecule has 1 aliphatic carbocycles. The maximum absolute atomic E-state index is 13.0. The van der Waals surface area contributed by atoms with Gasteiger partial charge in [0.05, 0.1) is 11.1 Å². The normalized spacial score (nSPS) is 14.9. The van der Waals surface area contributed by atoms with Crippen LogP contribution < -0.4 is 10.1 Å².